The monoisotopic (exact) mass is 244 g/mol. The molecule has 0 unspecified atom stereocenters. The molecule has 3 nitrogen and oxygen atoms in total. The van der Waals surface area contributed by atoms with E-state index in [-0.39, 0.29) is 0 Å². The Bertz CT molecular complexity index is 495. The van der Waals surface area contributed by atoms with Crippen LogP contribution in [0.2, 0.25) is 0 Å². The molecular formula is C15H16O3. The van der Waals surface area contributed by atoms with Crippen molar-refractivity contribution in [2.75, 3.05) is 6.61 Å². The number of hydrogen-bond donors (Lipinski definition) is 1. The number of allylic oxidation sites excluding steroid dienone is 1. The van der Waals surface area contributed by atoms with Crippen molar-refractivity contribution in [3.8, 4) is 0 Å². The molecule has 0 spiro atoms. The third-order valence-electron chi connectivity index (χ3n) is 2.89. The van der Waals surface area contributed by atoms with E-state index in [1.54, 1.807) is 6.08 Å². The molecule has 1 heterocycles. The van der Waals surface area contributed by atoms with E-state index in [2.05, 4.69) is 0 Å². The van der Waals surface area contributed by atoms with E-state index in [0.29, 0.717) is 24.4 Å². The van der Waals surface area contributed by atoms with Crippen LogP contribution >= 0.6 is 0 Å². The Balaban J connectivity index is 2.21. The second-order valence-corrected chi connectivity index (χ2v) is 4.34. The molecule has 1 aliphatic heterocycles. The van der Waals surface area contributed by atoms with Gasteiger partial charge in [-0.15, -0.1) is 0 Å². The maximum absolute atomic E-state index is 11.0. The maximum atomic E-state index is 11.0. The van der Waals surface area contributed by atoms with Gasteiger partial charge in [0.2, 0.25) is 0 Å². The van der Waals surface area contributed by atoms with Crippen LogP contribution in [0.4, 0.5) is 0 Å². The average Bonchev–Trinajstić information content (AvgIpc) is 2.38. The molecule has 3 heteroatoms. The fraction of sp³-hybridized carbons (Fsp3) is 0.267. The van der Waals surface area contributed by atoms with E-state index in [0.717, 1.165) is 12.0 Å². The molecular weight excluding hydrogens is 228 g/mol. The first-order chi connectivity index (χ1) is 8.66. The molecule has 1 N–H and O–H groups in total. The van der Waals surface area contributed by atoms with Crippen molar-refractivity contribution in [1.82, 2.24) is 0 Å². The first kappa shape index (κ1) is 12.4. The molecule has 0 radical (unpaired) electrons. The highest BCUT2D eigenvalue weighted by molar-refractivity contribution is 5.88. The molecule has 1 aromatic carbocycles. The quantitative estimate of drug-likeness (QED) is 0.888. The summed E-state index contributed by atoms with van der Waals surface area (Å²) in [5.41, 5.74) is 2.60. The van der Waals surface area contributed by atoms with Gasteiger partial charge >= 0.3 is 5.97 Å². The lowest BCUT2D eigenvalue weighted by Gasteiger charge is -2.16. The van der Waals surface area contributed by atoms with Crippen LogP contribution in [0.15, 0.2) is 41.7 Å². The van der Waals surface area contributed by atoms with Crippen LogP contribution < -0.4 is 0 Å². The predicted octanol–water partition coefficient (Wildman–Crippen LogP) is 3.16. The summed E-state index contributed by atoms with van der Waals surface area (Å²) in [6.07, 6.45) is 4.96. The first-order valence-electron chi connectivity index (χ1n) is 6.01. The number of carboxylic acid groups (broad SMARTS) is 1. The van der Waals surface area contributed by atoms with E-state index in [9.17, 15) is 4.79 Å². The summed E-state index contributed by atoms with van der Waals surface area (Å²) in [6, 6.07) is 8.03. The van der Waals surface area contributed by atoms with Gasteiger partial charge < -0.3 is 9.84 Å². The second kappa shape index (κ2) is 5.54. The Morgan fingerprint density at radius 2 is 2.00 bits per heavy atom. The van der Waals surface area contributed by atoms with Crippen molar-refractivity contribution in [3.63, 3.8) is 0 Å². The highest BCUT2D eigenvalue weighted by Gasteiger charge is 2.17. The first-order valence-corrected chi connectivity index (χ1v) is 6.01. The second-order valence-electron chi connectivity index (χ2n) is 4.34. The summed E-state index contributed by atoms with van der Waals surface area (Å²) in [5.74, 6) is -0.410. The highest BCUT2D eigenvalue weighted by Crippen LogP contribution is 2.21. The smallest absolute Gasteiger partial charge is 0.335 e. The minimum Gasteiger partial charge on any atom is -0.493 e. The van der Waals surface area contributed by atoms with Gasteiger partial charge in [-0.1, -0.05) is 35.9 Å². The van der Waals surface area contributed by atoms with E-state index in [1.807, 2.05) is 37.3 Å². The van der Waals surface area contributed by atoms with Gasteiger partial charge in [0.1, 0.15) is 5.76 Å². The number of benzene rings is 1. The Kier molecular flexibility index (Phi) is 3.82. The van der Waals surface area contributed by atoms with Gasteiger partial charge in [-0.05, 0) is 31.4 Å². The average molecular weight is 244 g/mol. The van der Waals surface area contributed by atoms with Crippen molar-refractivity contribution < 1.29 is 14.6 Å². The van der Waals surface area contributed by atoms with Crippen LogP contribution in [0.1, 0.15) is 24.0 Å². The number of hydrogen-bond acceptors (Lipinski definition) is 2. The Labute approximate surface area is 106 Å². The maximum Gasteiger partial charge on any atom is 0.335 e. The van der Waals surface area contributed by atoms with Crippen molar-refractivity contribution in [2.24, 2.45) is 0 Å². The van der Waals surface area contributed by atoms with E-state index >= 15 is 0 Å². The fourth-order valence-corrected chi connectivity index (χ4v) is 1.85. The molecule has 0 saturated carbocycles. The number of ether oxygens (including phenoxy) is 1. The van der Waals surface area contributed by atoms with E-state index < -0.39 is 5.97 Å². The van der Waals surface area contributed by atoms with Crippen LogP contribution in [0, 0.1) is 6.92 Å². The van der Waals surface area contributed by atoms with Crippen LogP contribution in [0.3, 0.4) is 0 Å². The number of carboxylic acids is 1. The zero-order valence-corrected chi connectivity index (χ0v) is 10.3. The SMILES string of the molecule is Cc1ccc(/C=C/C2=C(C(=O)O)CCCO2)cc1. The number of rotatable bonds is 3. The molecule has 0 amide bonds. The minimum atomic E-state index is -0.891. The van der Waals surface area contributed by atoms with Gasteiger partial charge in [-0.25, -0.2) is 4.79 Å². The zero-order chi connectivity index (χ0) is 13.0. The summed E-state index contributed by atoms with van der Waals surface area (Å²) in [6.45, 7) is 2.62. The zero-order valence-electron chi connectivity index (χ0n) is 10.3. The van der Waals surface area contributed by atoms with Gasteiger partial charge in [-0.2, -0.15) is 0 Å². The largest absolute Gasteiger partial charge is 0.493 e. The van der Waals surface area contributed by atoms with Crippen molar-refractivity contribution >= 4 is 12.0 Å². The normalized spacial score (nSPS) is 15.8. The number of carbonyl (C=O) groups is 1. The van der Waals surface area contributed by atoms with Gasteiger partial charge in [0, 0.05) is 0 Å². The molecule has 1 aliphatic rings. The molecule has 0 saturated heterocycles. The highest BCUT2D eigenvalue weighted by atomic mass is 16.5. The Morgan fingerprint density at radius 3 is 2.67 bits per heavy atom. The third-order valence-corrected chi connectivity index (χ3v) is 2.89. The molecule has 0 atom stereocenters. The van der Waals surface area contributed by atoms with E-state index in [4.69, 9.17) is 9.84 Å². The Morgan fingerprint density at radius 1 is 1.28 bits per heavy atom. The molecule has 1 aromatic rings. The summed E-state index contributed by atoms with van der Waals surface area (Å²) < 4.78 is 5.41. The number of aryl methyl sites for hydroxylation is 1. The summed E-state index contributed by atoms with van der Waals surface area (Å²) in [5, 5.41) is 9.07. The van der Waals surface area contributed by atoms with Crippen molar-refractivity contribution in [1.29, 1.82) is 0 Å². The van der Waals surface area contributed by atoms with Gasteiger partial charge in [0.15, 0.2) is 0 Å². The summed E-state index contributed by atoms with van der Waals surface area (Å²) in [7, 11) is 0. The molecule has 0 bridgehead atoms. The fourth-order valence-electron chi connectivity index (χ4n) is 1.85. The van der Waals surface area contributed by atoms with Crippen LogP contribution in [0.5, 0.6) is 0 Å². The standard InChI is InChI=1S/C15H16O3/c1-11-4-6-12(7-5-11)8-9-14-13(15(16)17)3-2-10-18-14/h4-9H,2-3,10H2,1H3,(H,16,17)/b9-8+. The lowest BCUT2D eigenvalue weighted by atomic mass is 10.1. The number of aliphatic carboxylic acids is 1. The molecule has 2 rings (SSSR count). The summed E-state index contributed by atoms with van der Waals surface area (Å²) >= 11 is 0. The van der Waals surface area contributed by atoms with Crippen molar-refractivity contribution in [3.05, 3.63) is 52.8 Å². The van der Waals surface area contributed by atoms with E-state index in [1.165, 1.54) is 5.56 Å². The van der Waals surface area contributed by atoms with Gasteiger partial charge in [0.25, 0.3) is 0 Å². The van der Waals surface area contributed by atoms with Crippen LogP contribution in [-0.2, 0) is 9.53 Å². The lowest BCUT2D eigenvalue weighted by Crippen LogP contribution is -2.12. The predicted molar refractivity (Wildman–Crippen MR) is 70.1 cm³/mol. The minimum absolute atomic E-state index is 0.365. The lowest BCUT2D eigenvalue weighted by molar-refractivity contribution is -0.133. The topological polar surface area (TPSA) is 46.5 Å². The van der Waals surface area contributed by atoms with Gasteiger partial charge in [-0.3, -0.25) is 0 Å². The molecule has 0 fully saturated rings. The molecule has 0 aromatic heterocycles. The van der Waals surface area contributed by atoms with Crippen molar-refractivity contribution in [2.45, 2.75) is 19.8 Å². The van der Waals surface area contributed by atoms with Crippen LogP contribution in [0.25, 0.3) is 6.08 Å². The third kappa shape index (κ3) is 3.00. The van der Waals surface area contributed by atoms with Gasteiger partial charge in [0.05, 0.1) is 12.2 Å². The van der Waals surface area contributed by atoms with Crippen LogP contribution in [-0.4, -0.2) is 17.7 Å². The molecule has 18 heavy (non-hydrogen) atoms. The molecule has 0 aliphatic carbocycles. The Hall–Kier alpha value is -2.03. The summed E-state index contributed by atoms with van der Waals surface area (Å²) in [4.78, 5) is 11.0. The molecule has 94 valence electrons.